The van der Waals surface area contributed by atoms with Gasteiger partial charge in [0.1, 0.15) is 0 Å². The van der Waals surface area contributed by atoms with Gasteiger partial charge in [-0.05, 0) is 32.6 Å². The molecule has 0 radical (unpaired) electrons. The molecule has 2 rings (SSSR count). The number of hydrogen-bond donors (Lipinski definition) is 0. The van der Waals surface area contributed by atoms with Crippen LogP contribution in [0.2, 0.25) is 0 Å². The summed E-state index contributed by atoms with van der Waals surface area (Å²) in [5.74, 6) is 0. The molecule has 14 heavy (non-hydrogen) atoms. The van der Waals surface area contributed by atoms with E-state index < -0.39 is 0 Å². The van der Waals surface area contributed by atoms with Crippen molar-refractivity contribution in [3.05, 3.63) is 11.1 Å². The second-order valence-corrected chi connectivity index (χ2v) is 4.55. The Morgan fingerprint density at radius 1 is 1.14 bits per heavy atom. The number of piperidine rings is 1. The molecule has 2 nitrogen and oxygen atoms in total. The lowest BCUT2D eigenvalue weighted by Gasteiger charge is -2.33. The van der Waals surface area contributed by atoms with Crippen molar-refractivity contribution in [2.45, 2.75) is 38.6 Å². The first-order valence-electron chi connectivity index (χ1n) is 5.74. The predicted molar refractivity (Wildman–Crippen MR) is 58.4 cm³/mol. The van der Waals surface area contributed by atoms with Crippen molar-refractivity contribution in [3.8, 4) is 0 Å². The zero-order valence-electron chi connectivity index (χ0n) is 9.38. The van der Waals surface area contributed by atoms with Gasteiger partial charge in [0.25, 0.3) is 0 Å². The average molecular weight is 195 g/mol. The Morgan fingerprint density at radius 3 is 2.21 bits per heavy atom. The lowest BCUT2D eigenvalue weighted by atomic mass is 10.0. The Hall–Kier alpha value is -0.340. The number of nitrogens with zero attached hydrogens (tertiary/aromatic N) is 1. The average Bonchev–Trinajstić information content (AvgIpc) is 3.02. The van der Waals surface area contributed by atoms with Gasteiger partial charge in [-0.3, -0.25) is 4.90 Å². The Kier molecular flexibility index (Phi) is 3.24. The molecule has 80 valence electrons. The SMILES string of the molecule is COCC(C)N1CCC(=C2CC2)CC1. The van der Waals surface area contributed by atoms with Crippen LogP contribution in [-0.4, -0.2) is 37.7 Å². The van der Waals surface area contributed by atoms with E-state index in [0.29, 0.717) is 6.04 Å². The summed E-state index contributed by atoms with van der Waals surface area (Å²) in [6.07, 6.45) is 5.40. The zero-order valence-corrected chi connectivity index (χ0v) is 9.38. The monoisotopic (exact) mass is 195 g/mol. The summed E-state index contributed by atoms with van der Waals surface area (Å²) in [5.41, 5.74) is 3.54. The van der Waals surface area contributed by atoms with Crippen LogP contribution in [0.4, 0.5) is 0 Å². The van der Waals surface area contributed by atoms with E-state index in [2.05, 4.69) is 11.8 Å². The van der Waals surface area contributed by atoms with Gasteiger partial charge in [0.2, 0.25) is 0 Å². The minimum Gasteiger partial charge on any atom is -0.383 e. The second kappa shape index (κ2) is 4.45. The fourth-order valence-corrected chi connectivity index (χ4v) is 2.35. The van der Waals surface area contributed by atoms with Crippen LogP contribution in [0.1, 0.15) is 32.6 Å². The molecule has 0 aromatic carbocycles. The molecule has 2 fully saturated rings. The van der Waals surface area contributed by atoms with Crippen molar-refractivity contribution < 1.29 is 4.74 Å². The van der Waals surface area contributed by atoms with Crippen molar-refractivity contribution in [2.24, 2.45) is 0 Å². The number of likely N-dealkylation sites (tertiary alicyclic amines) is 1. The fraction of sp³-hybridized carbons (Fsp3) is 0.833. The van der Waals surface area contributed by atoms with Gasteiger partial charge < -0.3 is 4.74 Å². The number of ether oxygens (including phenoxy) is 1. The number of rotatable bonds is 3. The first-order chi connectivity index (χ1) is 6.81. The van der Waals surface area contributed by atoms with Crippen LogP contribution in [0.3, 0.4) is 0 Å². The third-order valence-corrected chi connectivity index (χ3v) is 3.43. The maximum atomic E-state index is 5.19. The maximum Gasteiger partial charge on any atom is 0.0615 e. The van der Waals surface area contributed by atoms with Crippen molar-refractivity contribution in [2.75, 3.05) is 26.8 Å². The smallest absolute Gasteiger partial charge is 0.0615 e. The van der Waals surface area contributed by atoms with Crippen LogP contribution in [0, 0.1) is 0 Å². The van der Waals surface area contributed by atoms with Crippen LogP contribution >= 0.6 is 0 Å². The number of allylic oxidation sites excluding steroid dienone is 1. The summed E-state index contributed by atoms with van der Waals surface area (Å²) in [4.78, 5) is 2.55. The van der Waals surface area contributed by atoms with Gasteiger partial charge in [-0.15, -0.1) is 0 Å². The van der Waals surface area contributed by atoms with Crippen molar-refractivity contribution in [3.63, 3.8) is 0 Å². The molecule has 1 aliphatic carbocycles. The van der Waals surface area contributed by atoms with E-state index in [4.69, 9.17) is 4.74 Å². The second-order valence-electron chi connectivity index (χ2n) is 4.55. The molecular weight excluding hydrogens is 174 g/mol. The summed E-state index contributed by atoms with van der Waals surface area (Å²) >= 11 is 0. The van der Waals surface area contributed by atoms with E-state index in [1.54, 1.807) is 18.3 Å². The molecule has 1 aliphatic heterocycles. The molecule has 0 N–H and O–H groups in total. The van der Waals surface area contributed by atoms with Crippen molar-refractivity contribution in [1.82, 2.24) is 4.90 Å². The molecule has 0 aromatic heterocycles. The molecule has 1 saturated carbocycles. The van der Waals surface area contributed by atoms with E-state index in [0.717, 1.165) is 6.61 Å². The van der Waals surface area contributed by atoms with E-state index >= 15 is 0 Å². The van der Waals surface area contributed by atoms with Crippen LogP contribution in [0.25, 0.3) is 0 Å². The molecule has 1 atom stereocenters. The summed E-state index contributed by atoms with van der Waals surface area (Å²) in [7, 11) is 1.79. The molecule has 0 bridgehead atoms. The van der Waals surface area contributed by atoms with Crippen molar-refractivity contribution >= 4 is 0 Å². The maximum absolute atomic E-state index is 5.19. The summed E-state index contributed by atoms with van der Waals surface area (Å²) in [6.45, 7) is 5.61. The third kappa shape index (κ3) is 2.37. The first kappa shape index (κ1) is 10.2. The fourth-order valence-electron chi connectivity index (χ4n) is 2.35. The predicted octanol–water partition coefficient (Wildman–Crippen LogP) is 2.21. The first-order valence-corrected chi connectivity index (χ1v) is 5.74. The van der Waals surface area contributed by atoms with Crippen LogP contribution in [-0.2, 0) is 4.74 Å². The molecule has 0 spiro atoms. The molecule has 2 aliphatic rings. The molecule has 0 amide bonds. The molecular formula is C12H21NO. The highest BCUT2D eigenvalue weighted by atomic mass is 16.5. The summed E-state index contributed by atoms with van der Waals surface area (Å²) in [6, 6.07) is 0.589. The molecule has 1 heterocycles. The van der Waals surface area contributed by atoms with E-state index in [1.807, 2.05) is 0 Å². The van der Waals surface area contributed by atoms with Gasteiger partial charge in [0.15, 0.2) is 0 Å². The van der Waals surface area contributed by atoms with E-state index in [-0.39, 0.29) is 0 Å². The van der Waals surface area contributed by atoms with Crippen LogP contribution < -0.4 is 0 Å². The van der Waals surface area contributed by atoms with Gasteiger partial charge in [0, 0.05) is 26.2 Å². The van der Waals surface area contributed by atoms with Crippen molar-refractivity contribution in [1.29, 1.82) is 0 Å². The summed E-state index contributed by atoms with van der Waals surface area (Å²) in [5, 5.41) is 0. The highest BCUT2D eigenvalue weighted by Gasteiger charge is 2.23. The lowest BCUT2D eigenvalue weighted by Crippen LogP contribution is -2.40. The largest absolute Gasteiger partial charge is 0.383 e. The standard InChI is InChI=1S/C12H21NO/c1-10(9-14-2)13-7-5-12(6-8-13)11-3-4-11/h10H,3-9H2,1-2H3. The highest BCUT2D eigenvalue weighted by Crippen LogP contribution is 2.36. The Labute approximate surface area is 86.9 Å². The Bertz CT molecular complexity index is 218. The minimum atomic E-state index is 0.589. The minimum absolute atomic E-state index is 0.589. The van der Waals surface area contributed by atoms with Crippen LogP contribution in [0.5, 0.6) is 0 Å². The quantitative estimate of drug-likeness (QED) is 0.640. The topological polar surface area (TPSA) is 12.5 Å². The molecule has 1 unspecified atom stereocenters. The highest BCUT2D eigenvalue weighted by molar-refractivity contribution is 5.26. The zero-order chi connectivity index (χ0) is 9.97. The molecule has 0 aromatic rings. The van der Waals surface area contributed by atoms with E-state index in [9.17, 15) is 0 Å². The normalized spacial score (nSPS) is 25.3. The Morgan fingerprint density at radius 2 is 1.71 bits per heavy atom. The van der Waals surface area contributed by atoms with E-state index in [1.165, 1.54) is 38.8 Å². The lowest BCUT2D eigenvalue weighted by molar-refractivity contribution is 0.0939. The van der Waals surface area contributed by atoms with Gasteiger partial charge >= 0.3 is 0 Å². The molecule has 2 heteroatoms. The molecule has 1 saturated heterocycles. The summed E-state index contributed by atoms with van der Waals surface area (Å²) < 4.78 is 5.19. The van der Waals surface area contributed by atoms with Gasteiger partial charge in [-0.1, -0.05) is 11.1 Å². The van der Waals surface area contributed by atoms with Gasteiger partial charge in [-0.25, -0.2) is 0 Å². The number of hydrogen-bond acceptors (Lipinski definition) is 2. The van der Waals surface area contributed by atoms with Gasteiger partial charge in [-0.2, -0.15) is 0 Å². The van der Waals surface area contributed by atoms with Crippen LogP contribution in [0.15, 0.2) is 11.1 Å². The van der Waals surface area contributed by atoms with Gasteiger partial charge in [0.05, 0.1) is 6.61 Å². The third-order valence-electron chi connectivity index (χ3n) is 3.43. The number of methoxy groups -OCH3 is 1. The Balaban J connectivity index is 1.80.